The lowest BCUT2D eigenvalue weighted by atomic mass is 9.71. The molecule has 0 radical (unpaired) electrons. The second-order valence-electron chi connectivity index (χ2n) is 14.8. The van der Waals surface area contributed by atoms with Gasteiger partial charge in [-0.15, -0.1) is 0 Å². The Bertz CT molecular complexity index is 1870. The van der Waals surface area contributed by atoms with Crippen molar-refractivity contribution in [2.24, 2.45) is 5.92 Å². The molecule has 274 valence electrons. The van der Waals surface area contributed by atoms with E-state index >= 15 is 0 Å². The minimum Gasteiger partial charge on any atom is -0.491 e. The number of hydrogen-bond acceptors (Lipinski definition) is 6. The zero-order valence-electron chi connectivity index (χ0n) is 31.6. The lowest BCUT2D eigenvalue weighted by Gasteiger charge is -2.32. The van der Waals surface area contributed by atoms with Crippen LogP contribution in [0.4, 0.5) is 0 Å². The Labute approximate surface area is 310 Å². The summed E-state index contributed by atoms with van der Waals surface area (Å²) >= 11 is 0. The fourth-order valence-electron chi connectivity index (χ4n) is 6.24. The third-order valence-corrected chi connectivity index (χ3v) is 9.73. The van der Waals surface area contributed by atoms with E-state index in [0.29, 0.717) is 11.5 Å². The molecule has 5 aromatic rings. The Hall–Kier alpha value is -4.78. The first kappa shape index (κ1) is 38.5. The smallest absolute Gasteiger partial charge is 0.122 e. The van der Waals surface area contributed by atoms with E-state index in [0.717, 1.165) is 39.3 Å². The fourth-order valence-corrected chi connectivity index (χ4v) is 6.24. The molecule has 5 rings (SSSR count). The Morgan fingerprint density at radius 2 is 0.885 bits per heavy atom. The zero-order valence-corrected chi connectivity index (χ0v) is 31.6. The van der Waals surface area contributed by atoms with Gasteiger partial charge in [0.05, 0.1) is 12.2 Å². The van der Waals surface area contributed by atoms with E-state index in [1.54, 1.807) is 0 Å². The molecule has 5 aromatic carbocycles. The van der Waals surface area contributed by atoms with Crippen LogP contribution in [0.5, 0.6) is 23.0 Å². The van der Waals surface area contributed by atoms with E-state index in [2.05, 4.69) is 81.4 Å². The molecule has 0 aliphatic rings. The van der Waals surface area contributed by atoms with Crippen molar-refractivity contribution in [1.82, 2.24) is 0 Å². The molecule has 0 fully saturated rings. The summed E-state index contributed by atoms with van der Waals surface area (Å²) in [4.78, 5) is 0. The maximum absolute atomic E-state index is 10.9. The van der Waals surface area contributed by atoms with Crippen molar-refractivity contribution in [2.75, 3.05) is 19.8 Å². The average molecular weight is 703 g/mol. The molecule has 2 N–H and O–H groups in total. The third kappa shape index (κ3) is 9.55. The summed E-state index contributed by atoms with van der Waals surface area (Å²) < 4.78 is 24.2. The highest BCUT2D eigenvalue weighted by molar-refractivity contribution is 5.52. The minimum atomic E-state index is -0.847. The maximum atomic E-state index is 10.9. The Balaban J connectivity index is 1.24. The molecule has 6 nitrogen and oxygen atoms in total. The second-order valence-corrected chi connectivity index (χ2v) is 14.8. The summed E-state index contributed by atoms with van der Waals surface area (Å²) in [5, 5.41) is 21.1. The van der Waals surface area contributed by atoms with E-state index in [1.165, 1.54) is 0 Å². The summed E-state index contributed by atoms with van der Waals surface area (Å²) in [5.74, 6) is 3.02. The molecule has 0 aliphatic carbocycles. The van der Waals surface area contributed by atoms with Gasteiger partial charge in [-0.25, -0.2) is 0 Å². The lowest BCUT2D eigenvalue weighted by molar-refractivity contribution is 0.0625. The van der Waals surface area contributed by atoms with Crippen LogP contribution < -0.4 is 18.9 Å². The van der Waals surface area contributed by atoms with E-state index in [-0.39, 0.29) is 37.3 Å². The van der Waals surface area contributed by atoms with E-state index in [4.69, 9.17) is 18.9 Å². The Kier molecular flexibility index (Phi) is 12.7. The zero-order chi connectivity index (χ0) is 37.3. The highest BCUT2D eigenvalue weighted by atomic mass is 16.5. The van der Waals surface area contributed by atoms with Gasteiger partial charge >= 0.3 is 0 Å². The van der Waals surface area contributed by atoms with Crippen molar-refractivity contribution >= 4 is 0 Å². The van der Waals surface area contributed by atoms with Crippen LogP contribution in [-0.4, -0.2) is 48.3 Å². The van der Waals surface area contributed by atoms with Crippen LogP contribution in [-0.2, 0) is 10.8 Å². The fraction of sp³-hybridized carbons (Fsp3) is 0.348. The number of hydrogen-bond donors (Lipinski definition) is 2. The molecule has 0 aromatic heterocycles. The predicted octanol–water partition coefficient (Wildman–Crippen LogP) is 9.37. The quantitative estimate of drug-likeness (QED) is 0.0941. The van der Waals surface area contributed by atoms with Gasteiger partial charge in [-0.05, 0) is 103 Å². The van der Waals surface area contributed by atoms with Gasteiger partial charge in [0.1, 0.15) is 48.9 Å². The highest BCUT2D eigenvalue weighted by Crippen LogP contribution is 2.41. The van der Waals surface area contributed by atoms with Gasteiger partial charge in [-0.3, -0.25) is 0 Å². The number of benzene rings is 5. The lowest BCUT2D eigenvalue weighted by Crippen LogP contribution is -2.26. The van der Waals surface area contributed by atoms with Crippen LogP contribution in [0.1, 0.15) is 76.3 Å². The van der Waals surface area contributed by atoms with Gasteiger partial charge in [-0.2, -0.15) is 0 Å². The SMILES string of the molecule is CC(C)Oc1cccc(C(C)(c2ccccc2)c2cccc(OCC(O)COc3cccc(C(C)(C)c4cccc(OCC(O)C(C)C)c4)c3)c2)c1. The van der Waals surface area contributed by atoms with Crippen molar-refractivity contribution in [3.63, 3.8) is 0 Å². The van der Waals surface area contributed by atoms with Crippen molar-refractivity contribution < 1.29 is 29.2 Å². The molecule has 0 saturated heterocycles. The topological polar surface area (TPSA) is 77.4 Å². The van der Waals surface area contributed by atoms with Crippen LogP contribution in [0.3, 0.4) is 0 Å². The highest BCUT2D eigenvalue weighted by Gasteiger charge is 2.32. The van der Waals surface area contributed by atoms with Gasteiger partial charge in [0.15, 0.2) is 0 Å². The van der Waals surface area contributed by atoms with Crippen LogP contribution in [0.15, 0.2) is 127 Å². The first-order chi connectivity index (χ1) is 24.9. The van der Waals surface area contributed by atoms with Crippen LogP contribution in [0.25, 0.3) is 0 Å². The van der Waals surface area contributed by atoms with Crippen LogP contribution in [0, 0.1) is 5.92 Å². The standard InChI is InChI=1S/C46H54O6/c1-32(2)44(48)31-51-41-22-12-18-36(26-41)45(5,6)35-17-11-21-40(25-35)49-29-39(47)30-50-42-23-13-19-37(27-42)46(7,34-15-9-8-10-16-34)38-20-14-24-43(28-38)52-33(3)4/h8-28,32-33,39,44,47-48H,29-31H2,1-7H3. The largest absolute Gasteiger partial charge is 0.491 e. The number of aliphatic hydroxyl groups excluding tert-OH is 2. The normalized spacial score (nSPS) is 14.1. The van der Waals surface area contributed by atoms with Crippen molar-refractivity contribution in [2.45, 2.75) is 77.6 Å². The van der Waals surface area contributed by atoms with E-state index in [1.807, 2.05) is 94.4 Å². The molecule has 52 heavy (non-hydrogen) atoms. The predicted molar refractivity (Wildman–Crippen MR) is 209 cm³/mol. The molecule has 6 heteroatoms. The monoisotopic (exact) mass is 702 g/mol. The first-order valence-electron chi connectivity index (χ1n) is 18.2. The summed E-state index contributed by atoms with van der Waals surface area (Å²) in [7, 11) is 0. The first-order valence-corrected chi connectivity index (χ1v) is 18.2. The average Bonchev–Trinajstić information content (AvgIpc) is 3.15. The summed E-state index contributed by atoms with van der Waals surface area (Å²) in [6, 6.07) is 42.7. The molecule has 3 atom stereocenters. The van der Waals surface area contributed by atoms with Gasteiger partial charge in [0, 0.05) is 10.8 Å². The van der Waals surface area contributed by atoms with Crippen molar-refractivity contribution in [3.05, 3.63) is 155 Å². The number of rotatable bonds is 17. The van der Waals surface area contributed by atoms with Crippen LogP contribution in [0.2, 0.25) is 0 Å². The second kappa shape index (κ2) is 17.2. The van der Waals surface area contributed by atoms with E-state index in [9.17, 15) is 10.2 Å². The van der Waals surface area contributed by atoms with Gasteiger partial charge in [0.2, 0.25) is 0 Å². The molecule has 0 amide bonds. The molecule has 0 saturated carbocycles. The van der Waals surface area contributed by atoms with Gasteiger partial charge in [-0.1, -0.05) is 107 Å². The number of aliphatic hydroxyl groups is 2. The molecule has 0 aliphatic heterocycles. The molecule has 3 unspecified atom stereocenters. The Morgan fingerprint density at radius 1 is 0.481 bits per heavy atom. The van der Waals surface area contributed by atoms with Crippen LogP contribution >= 0.6 is 0 Å². The summed E-state index contributed by atoms with van der Waals surface area (Å²) in [5.41, 5.74) is 4.63. The van der Waals surface area contributed by atoms with Gasteiger partial charge in [0.25, 0.3) is 0 Å². The van der Waals surface area contributed by atoms with E-state index < -0.39 is 17.6 Å². The molecular formula is C46H54O6. The van der Waals surface area contributed by atoms with Gasteiger partial charge < -0.3 is 29.2 Å². The summed E-state index contributed by atoms with van der Waals surface area (Å²) in [6.07, 6.45) is -1.30. The Morgan fingerprint density at radius 3 is 1.37 bits per heavy atom. The molecule has 0 heterocycles. The molecule has 0 spiro atoms. The molecular weight excluding hydrogens is 649 g/mol. The third-order valence-electron chi connectivity index (χ3n) is 9.73. The summed E-state index contributed by atoms with van der Waals surface area (Å²) in [6.45, 7) is 14.9. The van der Waals surface area contributed by atoms with Crippen molar-refractivity contribution in [3.8, 4) is 23.0 Å². The maximum Gasteiger partial charge on any atom is 0.122 e. The molecule has 0 bridgehead atoms. The number of ether oxygens (including phenoxy) is 4. The minimum absolute atomic E-state index is 0.0703. The van der Waals surface area contributed by atoms with Crippen molar-refractivity contribution in [1.29, 1.82) is 0 Å².